The average molecular weight is 587 g/mol. The van der Waals surface area contributed by atoms with Crippen molar-refractivity contribution in [3.8, 4) is 69.3 Å². The monoisotopic (exact) mass is 586 g/mol. The molecule has 8 heteroatoms. The van der Waals surface area contributed by atoms with Crippen molar-refractivity contribution in [1.29, 1.82) is 21.0 Å². The van der Waals surface area contributed by atoms with Gasteiger partial charge in [0.15, 0.2) is 0 Å². The molecule has 0 aliphatic carbocycles. The minimum absolute atomic E-state index is 0.534. The van der Waals surface area contributed by atoms with E-state index in [1.807, 2.05) is 60.7 Å². The lowest BCUT2D eigenvalue weighted by molar-refractivity contribution is 1.27. The van der Waals surface area contributed by atoms with E-state index in [-0.39, 0.29) is 0 Å². The second-order valence-electron chi connectivity index (χ2n) is 10.4. The molecule has 0 atom stereocenters. The van der Waals surface area contributed by atoms with Crippen LogP contribution in [0.15, 0.2) is 109 Å². The quantitative estimate of drug-likeness (QED) is 0.190. The van der Waals surface area contributed by atoms with E-state index in [2.05, 4.69) is 24.3 Å². The second-order valence-corrected chi connectivity index (χ2v) is 10.4. The molecular formula is C38H18N8. The van der Waals surface area contributed by atoms with E-state index in [1.54, 1.807) is 48.5 Å². The summed E-state index contributed by atoms with van der Waals surface area (Å²) in [6, 6.07) is 41.0. The number of benzene rings is 5. The van der Waals surface area contributed by atoms with Gasteiger partial charge in [0.05, 0.1) is 91.4 Å². The molecule has 0 fully saturated rings. The van der Waals surface area contributed by atoms with Gasteiger partial charge in [0.25, 0.3) is 0 Å². The Labute approximate surface area is 263 Å². The Morgan fingerprint density at radius 2 is 0.500 bits per heavy atom. The molecule has 0 N–H and O–H groups in total. The summed E-state index contributed by atoms with van der Waals surface area (Å²) in [5.74, 6) is 0. The number of fused-ring (bicyclic) bond motifs is 2. The summed E-state index contributed by atoms with van der Waals surface area (Å²) in [5.41, 5.74) is 10.2. The highest BCUT2D eigenvalue weighted by Gasteiger charge is 2.18. The van der Waals surface area contributed by atoms with E-state index in [0.29, 0.717) is 67.1 Å². The van der Waals surface area contributed by atoms with Crippen molar-refractivity contribution < 1.29 is 0 Å². The third-order valence-corrected chi connectivity index (χ3v) is 7.60. The van der Waals surface area contributed by atoms with Gasteiger partial charge in [-0.05, 0) is 60.7 Å². The van der Waals surface area contributed by atoms with Crippen LogP contribution in [0.3, 0.4) is 0 Å². The van der Waals surface area contributed by atoms with Crippen molar-refractivity contribution in [2.24, 2.45) is 0 Å². The lowest BCUT2D eigenvalue weighted by Crippen LogP contribution is -1.99. The second kappa shape index (κ2) is 11.4. The fourth-order valence-electron chi connectivity index (χ4n) is 5.22. The first kappa shape index (κ1) is 27.6. The van der Waals surface area contributed by atoms with Gasteiger partial charge in [-0.25, -0.2) is 19.9 Å². The third kappa shape index (κ3) is 5.01. The zero-order valence-electron chi connectivity index (χ0n) is 24.0. The number of nitrogens with zero attached hydrogens (tertiary/aromatic N) is 8. The number of aromatic nitrogens is 4. The standard InChI is InChI=1S/C38H18N8/c39-19-23-1-9-27(10-2-23)35-36(28-11-3-24(20-40)4-12-28)44-32-18-34-33(17-31(32)43-35)45-37(29-13-5-25(21-41)6-14-29)38(46-34)30-15-7-26(22-42)8-16-30/h1-18H. The lowest BCUT2D eigenvalue weighted by Gasteiger charge is -2.13. The van der Waals surface area contributed by atoms with Gasteiger partial charge < -0.3 is 0 Å². The first-order valence-corrected chi connectivity index (χ1v) is 14.1. The molecule has 2 aromatic heterocycles. The van der Waals surface area contributed by atoms with Crippen LogP contribution in [-0.2, 0) is 0 Å². The summed E-state index contributed by atoms with van der Waals surface area (Å²) in [6.07, 6.45) is 0. The van der Waals surface area contributed by atoms with Crippen LogP contribution in [0, 0.1) is 45.3 Å². The van der Waals surface area contributed by atoms with Crippen LogP contribution in [0.5, 0.6) is 0 Å². The van der Waals surface area contributed by atoms with Crippen molar-refractivity contribution in [2.45, 2.75) is 0 Å². The first-order valence-electron chi connectivity index (χ1n) is 14.1. The molecule has 0 spiro atoms. The molecule has 0 saturated carbocycles. The highest BCUT2D eigenvalue weighted by Crippen LogP contribution is 2.35. The molecule has 5 aromatic carbocycles. The van der Waals surface area contributed by atoms with Crippen molar-refractivity contribution in [3.63, 3.8) is 0 Å². The number of hydrogen-bond donors (Lipinski definition) is 0. The maximum Gasteiger partial charge on any atom is 0.0991 e. The third-order valence-electron chi connectivity index (χ3n) is 7.60. The minimum atomic E-state index is 0.534. The normalized spacial score (nSPS) is 10.5. The van der Waals surface area contributed by atoms with E-state index in [4.69, 9.17) is 19.9 Å². The molecule has 0 aliphatic rings. The van der Waals surface area contributed by atoms with Crippen LogP contribution in [0.4, 0.5) is 0 Å². The molecular weight excluding hydrogens is 568 g/mol. The molecule has 8 nitrogen and oxygen atoms in total. The van der Waals surface area contributed by atoms with Crippen molar-refractivity contribution >= 4 is 22.1 Å². The predicted octanol–water partition coefficient (Wildman–Crippen LogP) is 7.73. The highest BCUT2D eigenvalue weighted by atomic mass is 14.9. The SMILES string of the molecule is N#Cc1ccc(-c2nc3cc4nc(-c5ccc(C#N)cc5)c(-c5ccc(C#N)cc5)nc4cc3nc2-c2ccc(C#N)cc2)cc1. The van der Waals surface area contributed by atoms with Gasteiger partial charge in [-0.1, -0.05) is 48.5 Å². The summed E-state index contributed by atoms with van der Waals surface area (Å²) in [6.45, 7) is 0. The Hall–Kier alpha value is -7.26. The zero-order chi connectivity index (χ0) is 31.6. The van der Waals surface area contributed by atoms with E-state index in [1.165, 1.54) is 0 Å². The molecule has 2 heterocycles. The van der Waals surface area contributed by atoms with Crippen molar-refractivity contribution in [2.75, 3.05) is 0 Å². The minimum Gasteiger partial charge on any atom is -0.244 e. The van der Waals surface area contributed by atoms with Gasteiger partial charge in [-0.2, -0.15) is 21.0 Å². The molecule has 7 aromatic rings. The van der Waals surface area contributed by atoms with Gasteiger partial charge in [0.2, 0.25) is 0 Å². The van der Waals surface area contributed by atoms with E-state index < -0.39 is 0 Å². The van der Waals surface area contributed by atoms with Crippen molar-refractivity contribution in [1.82, 2.24) is 19.9 Å². The summed E-state index contributed by atoms with van der Waals surface area (Å²) >= 11 is 0. The molecule has 7 rings (SSSR count). The van der Waals surface area contributed by atoms with E-state index in [0.717, 1.165) is 22.3 Å². The van der Waals surface area contributed by atoms with Crippen LogP contribution in [0.2, 0.25) is 0 Å². The van der Waals surface area contributed by atoms with Gasteiger partial charge in [0.1, 0.15) is 0 Å². The molecule has 0 unspecified atom stereocenters. The number of rotatable bonds is 4. The largest absolute Gasteiger partial charge is 0.244 e. The topological polar surface area (TPSA) is 147 Å². The van der Waals surface area contributed by atoms with Gasteiger partial charge in [-0.3, -0.25) is 0 Å². The van der Waals surface area contributed by atoms with Gasteiger partial charge >= 0.3 is 0 Å². The Bertz CT molecular complexity index is 2120. The molecule has 0 saturated heterocycles. The van der Waals surface area contributed by atoms with Crippen LogP contribution < -0.4 is 0 Å². The summed E-state index contributed by atoms with van der Waals surface area (Å²) in [5, 5.41) is 37.3. The molecule has 0 bridgehead atoms. The summed E-state index contributed by atoms with van der Waals surface area (Å²) in [4.78, 5) is 20.2. The number of hydrogen-bond acceptors (Lipinski definition) is 8. The lowest BCUT2D eigenvalue weighted by atomic mass is 10.0. The van der Waals surface area contributed by atoms with Crippen LogP contribution in [0.25, 0.3) is 67.1 Å². The molecule has 210 valence electrons. The van der Waals surface area contributed by atoms with Crippen molar-refractivity contribution in [3.05, 3.63) is 131 Å². The highest BCUT2D eigenvalue weighted by molar-refractivity contribution is 5.96. The first-order chi connectivity index (χ1) is 22.6. The maximum atomic E-state index is 9.33. The fraction of sp³-hybridized carbons (Fsp3) is 0. The Balaban J connectivity index is 1.48. The maximum absolute atomic E-state index is 9.33. The van der Waals surface area contributed by atoms with Crippen LogP contribution in [0.1, 0.15) is 22.3 Å². The molecule has 46 heavy (non-hydrogen) atoms. The van der Waals surface area contributed by atoms with Gasteiger partial charge in [-0.15, -0.1) is 0 Å². The Morgan fingerprint density at radius 1 is 0.304 bits per heavy atom. The summed E-state index contributed by atoms with van der Waals surface area (Å²) < 4.78 is 0. The molecule has 0 amide bonds. The smallest absolute Gasteiger partial charge is 0.0991 e. The number of nitriles is 4. The van der Waals surface area contributed by atoms with E-state index >= 15 is 0 Å². The van der Waals surface area contributed by atoms with E-state index in [9.17, 15) is 21.0 Å². The Morgan fingerprint density at radius 3 is 0.674 bits per heavy atom. The average Bonchev–Trinajstić information content (AvgIpc) is 3.13. The Kier molecular flexibility index (Phi) is 6.85. The van der Waals surface area contributed by atoms with Gasteiger partial charge in [0, 0.05) is 22.3 Å². The predicted molar refractivity (Wildman–Crippen MR) is 173 cm³/mol. The van der Waals surface area contributed by atoms with Crippen LogP contribution in [-0.4, -0.2) is 19.9 Å². The zero-order valence-corrected chi connectivity index (χ0v) is 24.0. The fourth-order valence-corrected chi connectivity index (χ4v) is 5.22. The van der Waals surface area contributed by atoms with Crippen LogP contribution >= 0.6 is 0 Å². The molecule has 0 radical (unpaired) electrons. The molecule has 0 aliphatic heterocycles. The summed E-state index contributed by atoms with van der Waals surface area (Å²) in [7, 11) is 0.